The Kier molecular flexibility index (Phi) is 8.65. The van der Waals surface area contributed by atoms with E-state index in [1.807, 2.05) is 34.6 Å². The number of nitrogens with one attached hydrogen (secondary N) is 1. The molecule has 0 bridgehead atoms. The minimum absolute atomic E-state index is 0.00217. The second-order valence-corrected chi connectivity index (χ2v) is 14.9. The van der Waals surface area contributed by atoms with Gasteiger partial charge in [0, 0.05) is 41.9 Å². The summed E-state index contributed by atoms with van der Waals surface area (Å²) in [6, 6.07) is 7.79. The lowest BCUT2D eigenvalue weighted by Crippen LogP contribution is -2.57. The number of ether oxygens (including phenoxy) is 2. The molecule has 1 N–H and O–H groups in total. The highest BCUT2D eigenvalue weighted by Gasteiger charge is 2.40. The quantitative estimate of drug-likeness (QED) is 0.213. The Morgan fingerprint density at radius 1 is 1.09 bits per heavy atom. The molecule has 13 nitrogen and oxygen atoms in total. The molecule has 3 aromatic rings. The lowest BCUT2D eigenvalue weighted by atomic mass is 9.88. The summed E-state index contributed by atoms with van der Waals surface area (Å²) in [5, 5.41) is 19.7. The molecule has 248 valence electrons. The van der Waals surface area contributed by atoms with Crippen molar-refractivity contribution in [3.8, 4) is 0 Å². The van der Waals surface area contributed by atoms with Crippen LogP contribution in [-0.4, -0.2) is 65.9 Å². The number of hydrogen-bond donors (Lipinski definition) is 1. The summed E-state index contributed by atoms with van der Waals surface area (Å²) >= 11 is 0. The highest BCUT2D eigenvalue weighted by Crippen LogP contribution is 2.42. The number of carbonyl (C=O) groups is 2. The number of piperidine rings is 1. The first-order valence-corrected chi connectivity index (χ1v) is 15.8. The summed E-state index contributed by atoms with van der Waals surface area (Å²) in [6.45, 7) is 15.4. The first-order valence-electron chi connectivity index (χ1n) is 15.8. The molecule has 2 aromatic heterocycles. The van der Waals surface area contributed by atoms with E-state index in [9.17, 15) is 19.7 Å². The van der Waals surface area contributed by atoms with Gasteiger partial charge >= 0.3 is 12.2 Å². The third-order valence-electron chi connectivity index (χ3n) is 8.05. The maximum absolute atomic E-state index is 13.8. The Morgan fingerprint density at radius 3 is 2.41 bits per heavy atom. The number of anilines is 2. The van der Waals surface area contributed by atoms with Gasteiger partial charge in [0.1, 0.15) is 22.8 Å². The highest BCUT2D eigenvalue weighted by atomic mass is 16.6. The van der Waals surface area contributed by atoms with E-state index in [1.165, 1.54) is 17.0 Å². The van der Waals surface area contributed by atoms with Gasteiger partial charge in [-0.15, -0.1) is 0 Å². The smallest absolute Gasteiger partial charge is 0.416 e. The van der Waals surface area contributed by atoms with Gasteiger partial charge in [-0.05, 0) is 92.6 Å². The number of hydrogen-bond acceptors (Lipinski definition) is 9. The fourth-order valence-corrected chi connectivity index (χ4v) is 5.61. The van der Waals surface area contributed by atoms with Crippen molar-refractivity contribution in [2.45, 2.75) is 116 Å². The first-order chi connectivity index (χ1) is 21.4. The van der Waals surface area contributed by atoms with Crippen LogP contribution in [0.25, 0.3) is 5.65 Å². The average molecular weight is 636 g/mol. The molecule has 0 unspecified atom stereocenters. The zero-order valence-electron chi connectivity index (χ0n) is 28.0. The van der Waals surface area contributed by atoms with E-state index in [0.717, 1.165) is 31.2 Å². The number of nitro benzene ring substituents is 1. The van der Waals surface area contributed by atoms with Crippen molar-refractivity contribution in [1.29, 1.82) is 0 Å². The Balaban J connectivity index is 1.54. The number of rotatable bonds is 7. The van der Waals surface area contributed by atoms with Crippen LogP contribution < -0.4 is 10.2 Å². The Labute approximate surface area is 269 Å². The highest BCUT2D eigenvalue weighted by molar-refractivity contribution is 5.88. The molecule has 1 aromatic carbocycles. The summed E-state index contributed by atoms with van der Waals surface area (Å²) in [5.41, 5.74) is 0.277. The molecule has 1 saturated heterocycles. The van der Waals surface area contributed by atoms with Crippen LogP contribution in [0.5, 0.6) is 0 Å². The number of nitrogens with zero attached hydrogens (tertiary/aromatic N) is 6. The number of amides is 2. The average Bonchev–Trinajstić information content (AvgIpc) is 3.69. The molecule has 1 atom stereocenters. The number of fused-ring (bicyclic) bond motifs is 1. The SMILES string of the molecule is CC(C)(C)OC(=O)N(Cc1cccc([N+](=O)[O-])c1)c1cc(N[C@H]2CCC(C)(C)N(C(=O)OC(C)(C)C)C2)nc2c(C3CC3)cnn12. The van der Waals surface area contributed by atoms with Crippen LogP contribution in [0.1, 0.15) is 98.1 Å². The number of aromatic nitrogens is 3. The van der Waals surface area contributed by atoms with Crippen LogP contribution in [0.4, 0.5) is 26.9 Å². The Bertz CT molecular complexity index is 1630. The van der Waals surface area contributed by atoms with E-state index in [4.69, 9.17) is 14.5 Å². The molecule has 46 heavy (non-hydrogen) atoms. The van der Waals surface area contributed by atoms with E-state index >= 15 is 0 Å². The minimum atomic E-state index is -0.797. The molecule has 2 amide bonds. The minimum Gasteiger partial charge on any atom is -0.444 e. The van der Waals surface area contributed by atoms with Gasteiger partial charge in [-0.2, -0.15) is 9.61 Å². The summed E-state index contributed by atoms with van der Waals surface area (Å²) in [5.74, 6) is 1.25. The maximum atomic E-state index is 13.8. The Hall–Kier alpha value is -4.42. The van der Waals surface area contributed by atoms with E-state index in [2.05, 4.69) is 10.4 Å². The molecule has 0 radical (unpaired) electrons. The van der Waals surface area contributed by atoms with Gasteiger partial charge in [-0.3, -0.25) is 15.0 Å². The lowest BCUT2D eigenvalue weighted by Gasteiger charge is -2.45. The number of benzene rings is 1. The molecule has 3 heterocycles. The fourth-order valence-electron chi connectivity index (χ4n) is 5.61. The van der Waals surface area contributed by atoms with Crippen LogP contribution in [0, 0.1) is 10.1 Å². The van der Waals surface area contributed by atoms with Gasteiger partial charge in [0.25, 0.3) is 5.69 Å². The predicted molar refractivity (Wildman–Crippen MR) is 174 cm³/mol. The molecular formula is C33H45N7O6. The largest absolute Gasteiger partial charge is 0.444 e. The summed E-state index contributed by atoms with van der Waals surface area (Å²) in [4.78, 5) is 46.3. The number of non-ortho nitro benzene ring substituents is 1. The molecule has 5 rings (SSSR count). The maximum Gasteiger partial charge on any atom is 0.416 e. The molecule has 0 spiro atoms. The van der Waals surface area contributed by atoms with Crippen molar-refractivity contribution >= 4 is 35.2 Å². The van der Waals surface area contributed by atoms with Crippen LogP contribution in [-0.2, 0) is 16.0 Å². The number of carbonyl (C=O) groups excluding carboxylic acids is 2. The summed E-state index contributed by atoms with van der Waals surface area (Å²) in [6.07, 6.45) is 4.39. The van der Waals surface area contributed by atoms with Gasteiger partial charge in [-0.1, -0.05) is 12.1 Å². The molecule has 1 aliphatic heterocycles. The zero-order chi connectivity index (χ0) is 33.6. The fraction of sp³-hybridized carbons (Fsp3) is 0.576. The van der Waals surface area contributed by atoms with Crippen LogP contribution in [0.2, 0.25) is 0 Å². The second kappa shape index (κ2) is 12.1. The predicted octanol–water partition coefficient (Wildman–Crippen LogP) is 7.05. The molecule has 2 fully saturated rings. The molecular weight excluding hydrogens is 590 g/mol. The van der Waals surface area contributed by atoms with E-state index < -0.39 is 22.2 Å². The third-order valence-corrected chi connectivity index (χ3v) is 8.05. The molecule has 1 aliphatic carbocycles. The van der Waals surface area contributed by atoms with E-state index in [1.54, 1.807) is 54.6 Å². The molecule has 2 aliphatic rings. The van der Waals surface area contributed by atoms with Crippen molar-refractivity contribution < 1.29 is 24.0 Å². The first kappa shape index (κ1) is 33.0. The summed E-state index contributed by atoms with van der Waals surface area (Å²) < 4.78 is 13.2. The van der Waals surface area contributed by atoms with Gasteiger partial charge < -0.3 is 19.7 Å². The van der Waals surface area contributed by atoms with Crippen LogP contribution in [0.15, 0.2) is 36.5 Å². The normalized spacial score (nSPS) is 18.3. The number of likely N-dealkylation sites (tertiary alicyclic amines) is 1. The Morgan fingerprint density at radius 2 is 1.78 bits per heavy atom. The third kappa shape index (κ3) is 7.68. The molecule has 13 heteroatoms. The van der Waals surface area contributed by atoms with Gasteiger partial charge in [0.05, 0.1) is 17.7 Å². The van der Waals surface area contributed by atoms with Crippen molar-refractivity contribution in [3.05, 3.63) is 57.8 Å². The van der Waals surface area contributed by atoms with E-state index in [-0.39, 0.29) is 29.9 Å². The molecule has 1 saturated carbocycles. The summed E-state index contributed by atoms with van der Waals surface area (Å²) in [7, 11) is 0. The zero-order valence-corrected chi connectivity index (χ0v) is 28.0. The second-order valence-electron chi connectivity index (χ2n) is 14.9. The van der Waals surface area contributed by atoms with Crippen molar-refractivity contribution in [1.82, 2.24) is 19.5 Å². The van der Waals surface area contributed by atoms with Gasteiger partial charge in [0.2, 0.25) is 0 Å². The van der Waals surface area contributed by atoms with E-state index in [0.29, 0.717) is 35.3 Å². The lowest BCUT2D eigenvalue weighted by molar-refractivity contribution is -0.384. The van der Waals surface area contributed by atoms with Crippen molar-refractivity contribution in [3.63, 3.8) is 0 Å². The topological polar surface area (TPSA) is 144 Å². The standard InChI is InChI=1S/C33H45N7O6/c1-31(2,3)45-29(41)37(19-21-10-9-11-24(16-21)40(43)44)27-17-26(36-28-25(22-12-13-22)18-34-39(27)28)35-23-14-15-33(7,8)38(20-23)30(42)46-32(4,5)6/h9-11,16-18,22-23H,12-15,19-20H2,1-8H3,(H,35,36)/t23-/m0/s1. The van der Waals surface area contributed by atoms with Crippen LogP contribution in [0.3, 0.4) is 0 Å². The van der Waals surface area contributed by atoms with Crippen molar-refractivity contribution in [2.24, 2.45) is 0 Å². The number of nitro groups is 1. The van der Waals surface area contributed by atoms with Gasteiger partial charge in [-0.25, -0.2) is 14.6 Å². The monoisotopic (exact) mass is 635 g/mol. The van der Waals surface area contributed by atoms with Gasteiger partial charge in [0.15, 0.2) is 5.65 Å². The van der Waals surface area contributed by atoms with Crippen LogP contribution >= 0.6 is 0 Å². The van der Waals surface area contributed by atoms with Crippen molar-refractivity contribution in [2.75, 3.05) is 16.8 Å².